The fraction of sp³-hybridized carbons (Fsp3) is 0.955. The highest BCUT2D eigenvalue weighted by Gasteiger charge is 2.03. The number of ether oxygens (including phenoxy) is 1. The van der Waals surface area contributed by atoms with Crippen LogP contribution in [0.2, 0.25) is 0 Å². The van der Waals surface area contributed by atoms with Crippen molar-refractivity contribution in [2.24, 2.45) is 0 Å². The maximum Gasteiger partial charge on any atom is 0.305 e. The molecule has 0 atom stereocenters. The monoisotopic (exact) mass is 387 g/mol. The molecular weight excluding hydrogens is 342 g/mol. The van der Waals surface area contributed by atoms with Crippen LogP contribution in [0.1, 0.15) is 110 Å². The number of hydrogen-bond acceptors (Lipinski definition) is 5. The van der Waals surface area contributed by atoms with Crippen LogP contribution < -0.4 is 5.32 Å². The van der Waals surface area contributed by atoms with Crippen molar-refractivity contribution in [1.29, 1.82) is 0 Å². The highest BCUT2D eigenvalue weighted by molar-refractivity contribution is 5.69. The first-order chi connectivity index (χ1) is 13.2. The smallest absolute Gasteiger partial charge is 0.305 e. The van der Waals surface area contributed by atoms with Crippen LogP contribution in [0, 0.1) is 0 Å². The molecule has 0 saturated carbocycles. The summed E-state index contributed by atoms with van der Waals surface area (Å²) in [6, 6.07) is 0. The second-order valence-corrected chi connectivity index (χ2v) is 7.60. The van der Waals surface area contributed by atoms with E-state index >= 15 is 0 Å². The van der Waals surface area contributed by atoms with Gasteiger partial charge in [-0.25, -0.2) is 0 Å². The number of aliphatic hydroxyl groups excluding tert-OH is 1. The molecule has 0 spiro atoms. The Balaban J connectivity index is 3.12. The summed E-state index contributed by atoms with van der Waals surface area (Å²) >= 11 is 0. The molecule has 0 heterocycles. The van der Waals surface area contributed by atoms with Crippen LogP contribution >= 0.6 is 0 Å². The molecule has 0 aliphatic rings. The Hall–Kier alpha value is -0.650. The maximum absolute atomic E-state index is 11.5. The van der Waals surface area contributed by atoms with E-state index in [0.29, 0.717) is 13.0 Å². The van der Waals surface area contributed by atoms with Gasteiger partial charge >= 0.3 is 5.97 Å². The first-order valence-corrected chi connectivity index (χ1v) is 11.4. The number of esters is 1. The van der Waals surface area contributed by atoms with Crippen molar-refractivity contribution in [3.63, 3.8) is 0 Å². The van der Waals surface area contributed by atoms with Gasteiger partial charge < -0.3 is 20.3 Å². The Morgan fingerprint density at radius 3 is 1.67 bits per heavy atom. The Labute approximate surface area is 167 Å². The molecule has 162 valence electrons. The number of carbonyl (C=O) groups is 1. The molecule has 5 nitrogen and oxygen atoms in total. The predicted molar refractivity (Wildman–Crippen MR) is 112 cm³/mol. The van der Waals surface area contributed by atoms with E-state index in [1.54, 1.807) is 0 Å². The first-order valence-electron chi connectivity index (χ1n) is 11.4. The molecule has 0 aromatic rings. The zero-order valence-corrected chi connectivity index (χ0v) is 17.7. The van der Waals surface area contributed by atoms with Crippen LogP contribution in [0.3, 0.4) is 0 Å². The summed E-state index contributed by atoms with van der Waals surface area (Å²) in [4.78, 5) is 11.5. The van der Waals surface area contributed by atoms with Crippen LogP contribution in [0.15, 0.2) is 0 Å². The lowest BCUT2D eigenvalue weighted by Gasteiger charge is -2.07. The van der Waals surface area contributed by atoms with Crippen LogP contribution in [0.5, 0.6) is 0 Å². The Kier molecular flexibility index (Phi) is 21.1. The van der Waals surface area contributed by atoms with Gasteiger partial charge in [0.05, 0.1) is 0 Å². The summed E-state index contributed by atoms with van der Waals surface area (Å²) in [5.41, 5.74) is 0. The summed E-state index contributed by atoms with van der Waals surface area (Å²) in [5, 5.41) is 20.1. The van der Waals surface area contributed by atoms with Crippen molar-refractivity contribution in [1.82, 2.24) is 5.32 Å². The van der Waals surface area contributed by atoms with Crippen molar-refractivity contribution in [3.8, 4) is 0 Å². The van der Waals surface area contributed by atoms with Crippen molar-refractivity contribution < 1.29 is 19.7 Å². The first kappa shape index (κ1) is 26.4. The average molecular weight is 388 g/mol. The molecule has 0 bridgehead atoms. The summed E-state index contributed by atoms with van der Waals surface area (Å²) in [6.07, 6.45) is 18.9. The minimum atomic E-state index is -1.36. The van der Waals surface area contributed by atoms with Gasteiger partial charge in [0.25, 0.3) is 0 Å². The summed E-state index contributed by atoms with van der Waals surface area (Å²) in [6.45, 7) is 3.09. The molecular formula is C22H45NO4. The highest BCUT2D eigenvalue weighted by Crippen LogP contribution is 2.13. The molecule has 0 fully saturated rings. The maximum atomic E-state index is 11.5. The minimum Gasteiger partial charge on any atom is -0.464 e. The van der Waals surface area contributed by atoms with E-state index in [1.807, 2.05) is 0 Å². The standard InChI is InChI=1S/C22H45NO4/c1-2-3-4-5-6-7-8-9-10-11-12-13-14-15-16-17-22(26)27-19-18-23-20-21(24)25/h21,23-25H,2-20H2,1H3. The third-order valence-corrected chi connectivity index (χ3v) is 4.85. The lowest BCUT2D eigenvalue weighted by Crippen LogP contribution is -2.29. The molecule has 0 aliphatic heterocycles. The fourth-order valence-electron chi connectivity index (χ4n) is 3.18. The van der Waals surface area contributed by atoms with Crippen molar-refractivity contribution in [2.45, 2.75) is 116 Å². The summed E-state index contributed by atoms with van der Waals surface area (Å²) < 4.78 is 5.08. The number of rotatable bonds is 21. The molecule has 0 aromatic carbocycles. The molecule has 0 radical (unpaired) electrons. The van der Waals surface area contributed by atoms with Crippen molar-refractivity contribution in [2.75, 3.05) is 19.7 Å². The quantitative estimate of drug-likeness (QED) is 0.151. The second-order valence-electron chi connectivity index (χ2n) is 7.60. The van der Waals surface area contributed by atoms with E-state index in [4.69, 9.17) is 14.9 Å². The number of nitrogens with one attached hydrogen (secondary N) is 1. The zero-order valence-electron chi connectivity index (χ0n) is 17.7. The number of carbonyl (C=O) groups excluding carboxylic acids is 1. The van der Waals surface area contributed by atoms with E-state index < -0.39 is 6.29 Å². The van der Waals surface area contributed by atoms with E-state index in [2.05, 4.69) is 12.2 Å². The predicted octanol–water partition coefficient (Wildman–Crippen LogP) is 4.69. The SMILES string of the molecule is CCCCCCCCCCCCCCCCCC(=O)OCCNCC(O)O. The molecule has 0 aliphatic carbocycles. The minimum absolute atomic E-state index is 0.0938. The second kappa shape index (κ2) is 21.6. The van der Waals surface area contributed by atoms with Crippen molar-refractivity contribution >= 4 is 5.97 Å². The van der Waals surface area contributed by atoms with E-state index in [1.165, 1.54) is 83.5 Å². The van der Waals surface area contributed by atoms with Crippen molar-refractivity contribution in [3.05, 3.63) is 0 Å². The van der Waals surface area contributed by atoms with Crippen LogP contribution in [-0.4, -0.2) is 42.2 Å². The highest BCUT2D eigenvalue weighted by atomic mass is 16.5. The lowest BCUT2D eigenvalue weighted by molar-refractivity contribution is -0.143. The number of hydrogen-bond donors (Lipinski definition) is 3. The third kappa shape index (κ3) is 23.3. The van der Waals surface area contributed by atoms with Crippen LogP contribution in [0.4, 0.5) is 0 Å². The number of unbranched alkanes of at least 4 members (excludes halogenated alkanes) is 14. The molecule has 0 aromatic heterocycles. The fourth-order valence-corrected chi connectivity index (χ4v) is 3.18. The normalized spacial score (nSPS) is 11.3. The molecule has 3 N–H and O–H groups in total. The van der Waals surface area contributed by atoms with Gasteiger partial charge in [-0.2, -0.15) is 0 Å². The van der Waals surface area contributed by atoms with E-state index in [-0.39, 0.29) is 19.1 Å². The van der Waals surface area contributed by atoms with Gasteiger partial charge in [-0.3, -0.25) is 4.79 Å². The van der Waals surface area contributed by atoms with E-state index in [0.717, 1.165) is 12.8 Å². The molecule has 0 unspecified atom stereocenters. The van der Waals surface area contributed by atoms with Gasteiger partial charge in [0.15, 0.2) is 6.29 Å². The summed E-state index contributed by atoms with van der Waals surface area (Å²) in [5.74, 6) is -0.156. The Morgan fingerprint density at radius 2 is 1.22 bits per heavy atom. The Bertz CT molecular complexity index is 311. The molecule has 0 rings (SSSR count). The Morgan fingerprint density at radius 1 is 0.778 bits per heavy atom. The molecule has 0 saturated heterocycles. The molecule has 0 amide bonds. The van der Waals surface area contributed by atoms with Gasteiger partial charge in [0.2, 0.25) is 0 Å². The number of aliphatic hydroxyl groups is 2. The molecule has 5 heteroatoms. The average Bonchev–Trinajstić information content (AvgIpc) is 2.64. The topological polar surface area (TPSA) is 78.8 Å². The third-order valence-electron chi connectivity index (χ3n) is 4.85. The van der Waals surface area contributed by atoms with Gasteiger partial charge in [0, 0.05) is 19.5 Å². The molecule has 27 heavy (non-hydrogen) atoms. The lowest BCUT2D eigenvalue weighted by atomic mass is 10.0. The van der Waals surface area contributed by atoms with Gasteiger partial charge in [-0.1, -0.05) is 96.8 Å². The van der Waals surface area contributed by atoms with Gasteiger partial charge in [-0.05, 0) is 6.42 Å². The largest absolute Gasteiger partial charge is 0.464 e. The van der Waals surface area contributed by atoms with Crippen LogP contribution in [0.25, 0.3) is 0 Å². The van der Waals surface area contributed by atoms with Gasteiger partial charge in [0.1, 0.15) is 6.61 Å². The van der Waals surface area contributed by atoms with Gasteiger partial charge in [-0.15, -0.1) is 0 Å². The summed E-state index contributed by atoms with van der Waals surface area (Å²) in [7, 11) is 0. The zero-order chi connectivity index (χ0) is 20.0. The van der Waals surface area contributed by atoms with Crippen LogP contribution in [-0.2, 0) is 9.53 Å². The van der Waals surface area contributed by atoms with E-state index in [9.17, 15) is 4.79 Å².